The molecule has 0 atom stereocenters. The first kappa shape index (κ1) is 13.0. The number of rotatable bonds is 5. The van der Waals surface area contributed by atoms with Crippen LogP contribution in [0.25, 0.3) is 0 Å². The fourth-order valence-electron chi connectivity index (χ4n) is 2.55. The van der Waals surface area contributed by atoms with Gasteiger partial charge in [0.1, 0.15) is 0 Å². The molecule has 0 bridgehead atoms. The minimum Gasteiger partial charge on any atom is -0.317 e. The topological polar surface area (TPSA) is 37.0 Å². The van der Waals surface area contributed by atoms with Crippen molar-refractivity contribution in [1.29, 1.82) is 0 Å². The quantitative estimate of drug-likeness (QED) is 0.845. The van der Waals surface area contributed by atoms with Gasteiger partial charge in [0.15, 0.2) is 0 Å². The Bertz CT molecular complexity index is 342. The van der Waals surface area contributed by atoms with Gasteiger partial charge in [-0.15, -0.1) is 11.3 Å². The lowest BCUT2D eigenvalue weighted by Gasteiger charge is -2.37. The molecule has 0 unspecified atom stereocenters. The third kappa shape index (κ3) is 3.50. The Labute approximate surface area is 108 Å². The van der Waals surface area contributed by atoms with E-state index in [4.69, 9.17) is 0 Å². The third-order valence-corrected chi connectivity index (χ3v) is 4.80. The van der Waals surface area contributed by atoms with E-state index in [0.29, 0.717) is 5.41 Å². The molecule has 0 amide bonds. The smallest absolute Gasteiger partial charge is 0.0897 e. The molecule has 0 spiro atoms. The highest BCUT2D eigenvalue weighted by Crippen LogP contribution is 2.31. The zero-order valence-electron chi connectivity index (χ0n) is 10.9. The molecule has 0 aliphatic carbocycles. The molecule has 1 aromatic heterocycles. The Morgan fingerprint density at radius 3 is 2.82 bits per heavy atom. The van der Waals surface area contributed by atoms with Crippen LogP contribution < -0.4 is 10.6 Å². The summed E-state index contributed by atoms with van der Waals surface area (Å²) in [6, 6.07) is 0. The number of hydrogen-bond acceptors (Lipinski definition) is 4. The van der Waals surface area contributed by atoms with Crippen molar-refractivity contribution in [2.24, 2.45) is 5.41 Å². The third-order valence-electron chi connectivity index (χ3n) is 3.88. The summed E-state index contributed by atoms with van der Waals surface area (Å²) < 4.78 is 0. The van der Waals surface area contributed by atoms with E-state index >= 15 is 0 Å². The summed E-state index contributed by atoms with van der Waals surface area (Å²) in [4.78, 5) is 5.64. The maximum atomic E-state index is 4.29. The zero-order chi connectivity index (χ0) is 12.1. The molecule has 3 nitrogen and oxygen atoms in total. The predicted molar refractivity (Wildman–Crippen MR) is 73.4 cm³/mol. The van der Waals surface area contributed by atoms with E-state index in [-0.39, 0.29) is 0 Å². The number of piperidine rings is 1. The molecule has 0 saturated carbocycles. The largest absolute Gasteiger partial charge is 0.317 e. The van der Waals surface area contributed by atoms with Gasteiger partial charge in [0.05, 0.1) is 5.01 Å². The standard InChI is InChI=1S/C13H23N3S/c1-3-13(4-6-14-7-5-13)10-15-8-12-9-16-11(2)17-12/h9,14-15H,3-8,10H2,1-2H3. The molecule has 2 rings (SSSR count). The molecule has 17 heavy (non-hydrogen) atoms. The summed E-state index contributed by atoms with van der Waals surface area (Å²) in [5.41, 5.74) is 0.519. The van der Waals surface area contributed by atoms with Gasteiger partial charge in [-0.2, -0.15) is 0 Å². The molecular formula is C13H23N3S. The number of aromatic nitrogens is 1. The summed E-state index contributed by atoms with van der Waals surface area (Å²) >= 11 is 1.79. The first-order valence-electron chi connectivity index (χ1n) is 6.57. The van der Waals surface area contributed by atoms with E-state index in [1.807, 2.05) is 6.20 Å². The minimum atomic E-state index is 0.519. The fraction of sp³-hybridized carbons (Fsp3) is 0.769. The lowest BCUT2D eigenvalue weighted by atomic mass is 9.76. The first-order chi connectivity index (χ1) is 8.24. The van der Waals surface area contributed by atoms with Crippen LogP contribution in [0.15, 0.2) is 6.20 Å². The summed E-state index contributed by atoms with van der Waals surface area (Å²) in [5, 5.41) is 8.23. The van der Waals surface area contributed by atoms with Crippen LogP contribution in [0, 0.1) is 12.3 Å². The average Bonchev–Trinajstić information content (AvgIpc) is 2.76. The number of nitrogens with one attached hydrogen (secondary N) is 2. The van der Waals surface area contributed by atoms with Crippen LogP contribution in [0.2, 0.25) is 0 Å². The highest BCUT2D eigenvalue weighted by atomic mass is 32.1. The van der Waals surface area contributed by atoms with Crippen molar-refractivity contribution in [2.45, 2.75) is 39.7 Å². The lowest BCUT2D eigenvalue weighted by Crippen LogP contribution is -2.42. The number of nitrogens with zero attached hydrogens (tertiary/aromatic N) is 1. The Balaban J connectivity index is 1.79. The van der Waals surface area contributed by atoms with Gasteiger partial charge >= 0.3 is 0 Å². The van der Waals surface area contributed by atoms with Crippen LogP contribution in [-0.2, 0) is 6.54 Å². The SMILES string of the molecule is CCC1(CNCc2cnc(C)s2)CCNCC1. The average molecular weight is 253 g/mol. The normalized spacial score (nSPS) is 19.4. The van der Waals surface area contributed by atoms with Crippen molar-refractivity contribution < 1.29 is 0 Å². The molecule has 1 aromatic rings. The van der Waals surface area contributed by atoms with E-state index in [1.165, 1.54) is 37.2 Å². The van der Waals surface area contributed by atoms with Gasteiger partial charge in [-0.25, -0.2) is 4.98 Å². The maximum Gasteiger partial charge on any atom is 0.0897 e. The van der Waals surface area contributed by atoms with Crippen molar-refractivity contribution >= 4 is 11.3 Å². The van der Waals surface area contributed by atoms with Crippen molar-refractivity contribution in [1.82, 2.24) is 15.6 Å². The molecule has 2 N–H and O–H groups in total. The molecule has 1 aliphatic heterocycles. The Morgan fingerprint density at radius 1 is 1.47 bits per heavy atom. The van der Waals surface area contributed by atoms with Crippen molar-refractivity contribution in [3.05, 3.63) is 16.1 Å². The Hall–Kier alpha value is -0.450. The summed E-state index contributed by atoms with van der Waals surface area (Å²) in [6.07, 6.45) is 5.88. The van der Waals surface area contributed by atoms with Crippen molar-refractivity contribution in [3.63, 3.8) is 0 Å². The molecule has 2 heterocycles. The van der Waals surface area contributed by atoms with Gasteiger partial charge in [0.25, 0.3) is 0 Å². The number of thiazole rings is 1. The molecule has 1 saturated heterocycles. The summed E-state index contributed by atoms with van der Waals surface area (Å²) in [5.74, 6) is 0. The number of aryl methyl sites for hydroxylation is 1. The fourth-order valence-corrected chi connectivity index (χ4v) is 3.31. The predicted octanol–water partition coefficient (Wildman–Crippen LogP) is 2.32. The second-order valence-corrected chi connectivity index (χ2v) is 6.37. The van der Waals surface area contributed by atoms with E-state index in [1.54, 1.807) is 11.3 Å². The van der Waals surface area contributed by atoms with E-state index in [2.05, 4.69) is 29.5 Å². The van der Waals surface area contributed by atoms with E-state index in [9.17, 15) is 0 Å². The van der Waals surface area contributed by atoms with Crippen LogP contribution in [0.3, 0.4) is 0 Å². The summed E-state index contributed by atoms with van der Waals surface area (Å²) in [7, 11) is 0. The van der Waals surface area contributed by atoms with Crippen molar-refractivity contribution in [2.75, 3.05) is 19.6 Å². The van der Waals surface area contributed by atoms with Gasteiger partial charge in [-0.3, -0.25) is 0 Å². The van der Waals surface area contributed by atoms with E-state index in [0.717, 1.165) is 18.1 Å². The zero-order valence-corrected chi connectivity index (χ0v) is 11.7. The maximum absolute atomic E-state index is 4.29. The highest BCUT2D eigenvalue weighted by Gasteiger charge is 2.29. The second-order valence-electron chi connectivity index (χ2n) is 5.05. The molecule has 4 heteroatoms. The molecular weight excluding hydrogens is 230 g/mol. The van der Waals surface area contributed by atoms with Crippen LogP contribution in [0.4, 0.5) is 0 Å². The number of hydrogen-bond donors (Lipinski definition) is 2. The van der Waals surface area contributed by atoms with Gasteiger partial charge < -0.3 is 10.6 Å². The van der Waals surface area contributed by atoms with Gasteiger partial charge in [0, 0.05) is 24.2 Å². The molecule has 1 fully saturated rings. The molecule has 0 aromatic carbocycles. The lowest BCUT2D eigenvalue weighted by molar-refractivity contribution is 0.185. The highest BCUT2D eigenvalue weighted by molar-refractivity contribution is 7.11. The van der Waals surface area contributed by atoms with E-state index < -0.39 is 0 Å². The Kier molecular flexibility index (Phi) is 4.54. The van der Waals surface area contributed by atoms with Crippen LogP contribution in [-0.4, -0.2) is 24.6 Å². The van der Waals surface area contributed by atoms with Crippen molar-refractivity contribution in [3.8, 4) is 0 Å². The monoisotopic (exact) mass is 253 g/mol. The molecule has 0 radical (unpaired) electrons. The first-order valence-corrected chi connectivity index (χ1v) is 7.38. The van der Waals surface area contributed by atoms with Crippen LogP contribution in [0.1, 0.15) is 36.1 Å². The summed E-state index contributed by atoms with van der Waals surface area (Å²) in [6.45, 7) is 8.85. The van der Waals surface area contributed by atoms with Crippen LogP contribution in [0.5, 0.6) is 0 Å². The van der Waals surface area contributed by atoms with Gasteiger partial charge in [0.2, 0.25) is 0 Å². The van der Waals surface area contributed by atoms with Gasteiger partial charge in [-0.05, 0) is 44.7 Å². The van der Waals surface area contributed by atoms with Gasteiger partial charge in [-0.1, -0.05) is 6.92 Å². The second kappa shape index (κ2) is 5.94. The van der Waals surface area contributed by atoms with Crippen LogP contribution >= 0.6 is 11.3 Å². The molecule has 1 aliphatic rings. The Morgan fingerprint density at radius 2 is 2.24 bits per heavy atom. The minimum absolute atomic E-state index is 0.519. The molecule has 96 valence electrons.